The molecule has 2 aromatic rings. The molecule has 8 heteroatoms. The normalized spacial score (nSPS) is 22.6. The first-order valence-electron chi connectivity index (χ1n) is 10.9. The lowest BCUT2D eigenvalue weighted by Gasteiger charge is -2.43. The second-order valence-electron chi connectivity index (χ2n) is 8.41. The van der Waals surface area contributed by atoms with Crippen LogP contribution in [-0.2, 0) is 27.5 Å². The van der Waals surface area contributed by atoms with Crippen LogP contribution in [-0.4, -0.2) is 70.1 Å². The number of amides is 1. The first kappa shape index (κ1) is 22.6. The first-order chi connectivity index (χ1) is 15.3. The molecule has 2 saturated heterocycles. The first-order valence-corrected chi connectivity index (χ1v) is 12.7. The van der Waals surface area contributed by atoms with Crippen molar-refractivity contribution in [2.75, 3.05) is 43.7 Å². The number of methoxy groups -OCH3 is 2. The summed E-state index contributed by atoms with van der Waals surface area (Å²) >= 11 is 0. The SMILES string of the molecule is CCc1ccc(N2C(=O)CN(CCc3ccc(OC)c(OC)c3)[C@H]3CS(=O)(=O)C[C@H]32)cc1. The minimum absolute atomic E-state index is 0.00575. The van der Waals surface area contributed by atoms with E-state index in [4.69, 9.17) is 9.47 Å². The Morgan fingerprint density at radius 2 is 1.59 bits per heavy atom. The summed E-state index contributed by atoms with van der Waals surface area (Å²) in [6, 6.07) is 13.1. The molecule has 0 radical (unpaired) electrons. The summed E-state index contributed by atoms with van der Waals surface area (Å²) in [4.78, 5) is 16.9. The molecule has 4 rings (SSSR count). The van der Waals surface area contributed by atoms with Crippen molar-refractivity contribution < 1.29 is 22.7 Å². The quantitative estimate of drug-likeness (QED) is 0.634. The fourth-order valence-electron chi connectivity index (χ4n) is 4.74. The van der Waals surface area contributed by atoms with Gasteiger partial charge in [0.2, 0.25) is 5.91 Å². The molecule has 0 bridgehead atoms. The Labute approximate surface area is 189 Å². The highest BCUT2D eigenvalue weighted by molar-refractivity contribution is 7.91. The summed E-state index contributed by atoms with van der Waals surface area (Å²) in [5.41, 5.74) is 3.01. The fourth-order valence-corrected chi connectivity index (χ4v) is 6.72. The van der Waals surface area contributed by atoms with Gasteiger partial charge in [0.05, 0.1) is 38.3 Å². The van der Waals surface area contributed by atoms with Crippen molar-refractivity contribution in [1.82, 2.24) is 4.90 Å². The topological polar surface area (TPSA) is 76.2 Å². The number of piperazine rings is 1. The van der Waals surface area contributed by atoms with Crippen molar-refractivity contribution in [3.05, 3.63) is 53.6 Å². The number of aryl methyl sites for hydroxylation is 1. The molecule has 2 atom stereocenters. The molecule has 0 aromatic heterocycles. The van der Waals surface area contributed by atoms with Gasteiger partial charge in [-0.2, -0.15) is 0 Å². The molecule has 2 heterocycles. The predicted octanol–water partition coefficient (Wildman–Crippen LogP) is 2.32. The smallest absolute Gasteiger partial charge is 0.241 e. The van der Waals surface area contributed by atoms with Crippen LogP contribution in [0.2, 0.25) is 0 Å². The molecular weight excluding hydrogens is 428 g/mol. The minimum Gasteiger partial charge on any atom is -0.493 e. The van der Waals surface area contributed by atoms with Gasteiger partial charge in [-0.25, -0.2) is 8.42 Å². The zero-order valence-corrected chi connectivity index (χ0v) is 19.6. The largest absolute Gasteiger partial charge is 0.493 e. The van der Waals surface area contributed by atoms with Crippen molar-refractivity contribution in [2.24, 2.45) is 0 Å². The second-order valence-corrected chi connectivity index (χ2v) is 10.6. The van der Waals surface area contributed by atoms with E-state index in [0.29, 0.717) is 24.5 Å². The summed E-state index contributed by atoms with van der Waals surface area (Å²) in [5, 5.41) is 0. The molecule has 0 saturated carbocycles. The molecule has 2 aliphatic rings. The molecule has 1 amide bonds. The van der Waals surface area contributed by atoms with E-state index >= 15 is 0 Å². The van der Waals surface area contributed by atoms with Crippen LogP contribution >= 0.6 is 0 Å². The van der Waals surface area contributed by atoms with E-state index in [1.807, 2.05) is 47.4 Å². The van der Waals surface area contributed by atoms with Crippen LogP contribution in [0.5, 0.6) is 11.5 Å². The average Bonchev–Trinajstić information content (AvgIpc) is 3.12. The maximum atomic E-state index is 13.2. The van der Waals surface area contributed by atoms with E-state index in [0.717, 1.165) is 17.7 Å². The molecule has 2 aromatic carbocycles. The van der Waals surface area contributed by atoms with Crippen LogP contribution in [0, 0.1) is 0 Å². The van der Waals surface area contributed by atoms with Gasteiger partial charge < -0.3 is 14.4 Å². The lowest BCUT2D eigenvalue weighted by molar-refractivity contribution is -0.123. The maximum absolute atomic E-state index is 13.2. The fraction of sp³-hybridized carbons (Fsp3) is 0.458. The van der Waals surface area contributed by atoms with Gasteiger partial charge in [0, 0.05) is 18.3 Å². The number of carbonyl (C=O) groups excluding carboxylic acids is 1. The summed E-state index contributed by atoms with van der Waals surface area (Å²) in [6.07, 6.45) is 1.60. The van der Waals surface area contributed by atoms with E-state index in [-0.39, 0.29) is 36.0 Å². The van der Waals surface area contributed by atoms with Crippen molar-refractivity contribution in [2.45, 2.75) is 31.8 Å². The molecule has 0 aliphatic carbocycles. The molecule has 172 valence electrons. The third kappa shape index (κ3) is 4.47. The summed E-state index contributed by atoms with van der Waals surface area (Å²) in [6.45, 7) is 2.89. The van der Waals surface area contributed by atoms with E-state index in [9.17, 15) is 13.2 Å². The van der Waals surface area contributed by atoms with Gasteiger partial charge in [-0.1, -0.05) is 25.1 Å². The molecular formula is C24H30N2O5S. The number of carbonyl (C=O) groups is 1. The van der Waals surface area contributed by atoms with E-state index in [1.54, 1.807) is 19.1 Å². The second kappa shape index (κ2) is 9.11. The minimum atomic E-state index is -3.21. The molecule has 0 spiro atoms. The van der Waals surface area contributed by atoms with Crippen LogP contribution in [0.4, 0.5) is 5.69 Å². The zero-order valence-electron chi connectivity index (χ0n) is 18.8. The van der Waals surface area contributed by atoms with Gasteiger partial charge in [-0.15, -0.1) is 0 Å². The number of anilines is 1. The Balaban J connectivity index is 1.54. The highest BCUT2D eigenvalue weighted by Gasteiger charge is 2.49. The van der Waals surface area contributed by atoms with E-state index in [1.165, 1.54) is 5.56 Å². The number of sulfone groups is 1. The summed E-state index contributed by atoms with van der Waals surface area (Å²) in [5.74, 6) is 1.35. The third-order valence-corrected chi connectivity index (χ3v) is 8.16. The Morgan fingerprint density at radius 3 is 2.25 bits per heavy atom. The van der Waals surface area contributed by atoms with Crippen molar-refractivity contribution in [3.8, 4) is 11.5 Å². The molecule has 2 fully saturated rings. The lowest BCUT2D eigenvalue weighted by Crippen LogP contribution is -2.62. The predicted molar refractivity (Wildman–Crippen MR) is 124 cm³/mol. The average molecular weight is 459 g/mol. The summed E-state index contributed by atoms with van der Waals surface area (Å²) < 4.78 is 35.8. The monoisotopic (exact) mass is 458 g/mol. The van der Waals surface area contributed by atoms with Crippen LogP contribution in [0.1, 0.15) is 18.1 Å². The number of nitrogens with zero attached hydrogens (tertiary/aromatic N) is 2. The lowest BCUT2D eigenvalue weighted by atomic mass is 10.0. The Bertz CT molecular complexity index is 1080. The van der Waals surface area contributed by atoms with Crippen LogP contribution in [0.25, 0.3) is 0 Å². The number of hydrogen-bond acceptors (Lipinski definition) is 6. The molecule has 0 N–H and O–H groups in total. The Morgan fingerprint density at radius 1 is 0.938 bits per heavy atom. The van der Waals surface area contributed by atoms with E-state index in [2.05, 4.69) is 6.92 Å². The number of rotatable bonds is 7. The number of ether oxygens (including phenoxy) is 2. The van der Waals surface area contributed by atoms with E-state index < -0.39 is 9.84 Å². The molecule has 32 heavy (non-hydrogen) atoms. The Kier molecular flexibility index (Phi) is 6.44. The summed E-state index contributed by atoms with van der Waals surface area (Å²) in [7, 11) is -0.0196. The van der Waals surface area contributed by atoms with Crippen molar-refractivity contribution in [3.63, 3.8) is 0 Å². The highest BCUT2D eigenvalue weighted by atomic mass is 32.2. The van der Waals surface area contributed by atoms with Gasteiger partial charge >= 0.3 is 0 Å². The zero-order chi connectivity index (χ0) is 22.9. The van der Waals surface area contributed by atoms with Gasteiger partial charge in [-0.3, -0.25) is 9.69 Å². The van der Waals surface area contributed by atoms with Crippen LogP contribution in [0.15, 0.2) is 42.5 Å². The van der Waals surface area contributed by atoms with Gasteiger partial charge in [0.15, 0.2) is 21.3 Å². The molecule has 0 unspecified atom stereocenters. The van der Waals surface area contributed by atoms with Gasteiger partial charge in [0.25, 0.3) is 0 Å². The van der Waals surface area contributed by atoms with Crippen molar-refractivity contribution in [1.29, 1.82) is 0 Å². The number of hydrogen-bond donors (Lipinski definition) is 0. The molecule has 2 aliphatic heterocycles. The highest BCUT2D eigenvalue weighted by Crippen LogP contribution is 2.32. The van der Waals surface area contributed by atoms with Gasteiger partial charge in [0.1, 0.15) is 0 Å². The van der Waals surface area contributed by atoms with Crippen LogP contribution in [0.3, 0.4) is 0 Å². The van der Waals surface area contributed by atoms with Crippen LogP contribution < -0.4 is 14.4 Å². The number of fused-ring (bicyclic) bond motifs is 1. The number of benzene rings is 2. The standard InChI is InChI=1S/C24H30N2O5S/c1-4-17-5-8-19(9-6-17)26-21-16-32(28,29)15-20(21)25(14-24(26)27)12-11-18-7-10-22(30-2)23(13-18)31-3/h5-10,13,20-21H,4,11-12,14-16H2,1-3H3/t20-,21+/m0/s1. The Hall–Kier alpha value is -2.58. The third-order valence-electron chi connectivity index (χ3n) is 6.46. The maximum Gasteiger partial charge on any atom is 0.241 e. The molecule has 7 nitrogen and oxygen atoms in total. The van der Waals surface area contributed by atoms with Crippen molar-refractivity contribution >= 4 is 21.4 Å². The van der Waals surface area contributed by atoms with Gasteiger partial charge in [-0.05, 0) is 48.2 Å².